The summed E-state index contributed by atoms with van der Waals surface area (Å²) in [6.07, 6.45) is 3.26. The number of hydrogen-bond donors (Lipinski definition) is 2. The minimum Gasteiger partial charge on any atom is -0.445 e. The highest BCUT2D eigenvalue weighted by molar-refractivity contribution is 6.74. The number of H-pyrrole nitrogens is 1. The summed E-state index contributed by atoms with van der Waals surface area (Å²) in [4.78, 5) is 28.3. The second kappa shape index (κ2) is 11.5. The van der Waals surface area contributed by atoms with E-state index in [2.05, 4.69) is 44.2 Å². The number of allylic oxidation sites excluding steroid dienone is 1. The largest absolute Gasteiger partial charge is 0.445 e. The van der Waals surface area contributed by atoms with Crippen LogP contribution in [-0.2, 0) is 15.8 Å². The minimum atomic E-state index is -2.01. The predicted molar refractivity (Wildman–Crippen MR) is 143 cm³/mol. The van der Waals surface area contributed by atoms with Crippen molar-refractivity contribution in [2.45, 2.75) is 58.0 Å². The Hall–Kier alpha value is -3.16. The molecule has 1 amide bonds. The molecule has 7 heteroatoms. The highest BCUT2D eigenvalue weighted by atomic mass is 28.4. The maximum absolute atomic E-state index is 12.7. The monoisotopic (exact) mass is 492 g/mol. The lowest BCUT2D eigenvalue weighted by Crippen LogP contribution is -2.46. The van der Waals surface area contributed by atoms with Gasteiger partial charge >= 0.3 is 6.09 Å². The van der Waals surface area contributed by atoms with Gasteiger partial charge < -0.3 is 19.5 Å². The van der Waals surface area contributed by atoms with Gasteiger partial charge in [-0.3, -0.25) is 4.79 Å². The van der Waals surface area contributed by atoms with Crippen LogP contribution in [0.3, 0.4) is 0 Å². The van der Waals surface area contributed by atoms with E-state index < -0.39 is 14.4 Å². The Morgan fingerprint density at radius 2 is 1.74 bits per heavy atom. The van der Waals surface area contributed by atoms with E-state index in [0.29, 0.717) is 18.7 Å². The van der Waals surface area contributed by atoms with Crippen LogP contribution in [0.25, 0.3) is 10.9 Å². The average molecular weight is 493 g/mol. The topological polar surface area (TPSA) is 80.4 Å². The van der Waals surface area contributed by atoms with E-state index in [9.17, 15) is 9.59 Å². The summed E-state index contributed by atoms with van der Waals surface area (Å²) in [5, 5.41) is 3.95. The number of fused-ring (bicyclic) bond motifs is 1. The summed E-state index contributed by atoms with van der Waals surface area (Å²) in [5.74, 6) is -0.114. The van der Waals surface area contributed by atoms with Crippen molar-refractivity contribution in [1.82, 2.24) is 10.3 Å². The zero-order valence-electron chi connectivity index (χ0n) is 21.3. The van der Waals surface area contributed by atoms with Crippen molar-refractivity contribution in [2.75, 3.05) is 6.61 Å². The van der Waals surface area contributed by atoms with E-state index >= 15 is 0 Å². The Labute approximate surface area is 208 Å². The van der Waals surface area contributed by atoms with Crippen molar-refractivity contribution in [2.24, 2.45) is 0 Å². The molecule has 3 aromatic rings. The van der Waals surface area contributed by atoms with Gasteiger partial charge in [-0.05, 0) is 48.3 Å². The fraction of sp³-hybridized carbons (Fsp3) is 0.357. The Kier molecular flexibility index (Phi) is 8.70. The van der Waals surface area contributed by atoms with E-state index in [1.165, 1.54) is 0 Å². The van der Waals surface area contributed by atoms with Crippen LogP contribution in [0.1, 0.15) is 43.2 Å². The molecule has 3 rings (SSSR count). The highest BCUT2D eigenvalue weighted by Gasteiger charge is 2.37. The first-order valence-electron chi connectivity index (χ1n) is 11.9. The molecule has 6 nitrogen and oxygen atoms in total. The number of carbonyl (C=O) groups is 2. The number of alkyl carbamates (subject to hydrolysis) is 1. The molecule has 0 fully saturated rings. The molecule has 0 bridgehead atoms. The van der Waals surface area contributed by atoms with Gasteiger partial charge in [0.25, 0.3) is 0 Å². The van der Waals surface area contributed by atoms with E-state index in [0.717, 1.165) is 16.5 Å². The molecule has 0 saturated heterocycles. The van der Waals surface area contributed by atoms with Crippen LogP contribution in [0.5, 0.6) is 0 Å². The van der Waals surface area contributed by atoms with Crippen LogP contribution in [0, 0.1) is 0 Å². The highest BCUT2D eigenvalue weighted by Crippen LogP contribution is 2.36. The molecule has 1 heterocycles. The summed E-state index contributed by atoms with van der Waals surface area (Å²) in [5.41, 5.74) is 2.38. The van der Waals surface area contributed by atoms with Gasteiger partial charge in [0, 0.05) is 10.9 Å². The number of carbonyl (C=O) groups excluding carboxylic acids is 2. The van der Waals surface area contributed by atoms with Crippen molar-refractivity contribution < 1.29 is 18.8 Å². The molecule has 0 spiro atoms. The fourth-order valence-corrected chi connectivity index (χ4v) is 4.31. The summed E-state index contributed by atoms with van der Waals surface area (Å²) in [7, 11) is -2.01. The minimum absolute atomic E-state index is 0.0484. The van der Waals surface area contributed by atoms with Crippen molar-refractivity contribution in [3.63, 3.8) is 0 Å². The van der Waals surface area contributed by atoms with Gasteiger partial charge in [-0.15, -0.1) is 0 Å². The molecule has 0 aliphatic heterocycles. The van der Waals surface area contributed by atoms with Gasteiger partial charge in [0.15, 0.2) is 8.32 Å². The summed E-state index contributed by atoms with van der Waals surface area (Å²) < 4.78 is 11.7. The number of para-hydroxylation sites is 1. The van der Waals surface area contributed by atoms with Crippen molar-refractivity contribution in [3.05, 3.63) is 84.1 Å². The molecule has 0 aliphatic rings. The lowest BCUT2D eigenvalue weighted by Gasteiger charge is -2.37. The molecule has 1 aromatic heterocycles. The third kappa shape index (κ3) is 7.67. The van der Waals surface area contributed by atoms with Gasteiger partial charge in [0.05, 0.1) is 18.3 Å². The third-order valence-corrected chi connectivity index (χ3v) is 11.0. The molecule has 1 atom stereocenters. The summed E-state index contributed by atoms with van der Waals surface area (Å²) in [6, 6.07) is 18.8. The smallest absolute Gasteiger partial charge is 0.407 e. The second-order valence-corrected chi connectivity index (χ2v) is 15.1. The Bertz CT molecular complexity index is 1130. The molecule has 0 unspecified atom stereocenters. The fourth-order valence-electron chi connectivity index (χ4n) is 3.26. The average Bonchev–Trinajstić information content (AvgIpc) is 3.25. The molecule has 35 heavy (non-hydrogen) atoms. The number of ketones is 1. The Morgan fingerprint density at radius 1 is 1.06 bits per heavy atom. The molecule has 2 aromatic carbocycles. The molecule has 2 N–H and O–H groups in total. The van der Waals surface area contributed by atoms with E-state index in [1.807, 2.05) is 60.7 Å². The Morgan fingerprint density at radius 3 is 2.43 bits per heavy atom. The molecule has 186 valence electrons. The van der Waals surface area contributed by atoms with E-state index in [1.54, 1.807) is 12.2 Å². The van der Waals surface area contributed by atoms with Crippen molar-refractivity contribution in [3.8, 4) is 0 Å². The third-order valence-electron chi connectivity index (χ3n) is 6.47. The summed E-state index contributed by atoms with van der Waals surface area (Å²) >= 11 is 0. The zero-order chi connectivity index (χ0) is 25.5. The maximum atomic E-state index is 12.7. The maximum Gasteiger partial charge on any atom is 0.407 e. The van der Waals surface area contributed by atoms with Crippen LogP contribution in [-0.4, -0.2) is 37.8 Å². The molecular formula is C28H36N2O4Si. The van der Waals surface area contributed by atoms with Crippen LogP contribution in [0.15, 0.2) is 72.8 Å². The SMILES string of the molecule is CC(C)(C)[Si](C)(C)OC[C@@H](C/C=C/C(=O)c1cc2ccccc2[nH]1)NC(=O)OCc1ccccc1. The van der Waals surface area contributed by atoms with Gasteiger partial charge in [0.2, 0.25) is 5.78 Å². The van der Waals surface area contributed by atoms with Crippen molar-refractivity contribution >= 4 is 31.1 Å². The zero-order valence-corrected chi connectivity index (χ0v) is 22.3. The second-order valence-electron chi connectivity index (χ2n) is 10.2. The standard InChI is InChI=1S/C28H36N2O4Si/c1-28(2,3)35(4,5)34-20-23(29-27(32)33-19-21-12-7-6-8-13-21)15-11-17-26(31)25-18-22-14-9-10-16-24(22)30-25/h6-14,16-18,23,30H,15,19-20H2,1-5H3,(H,29,32)/b17-11+/t23-/m1/s1. The summed E-state index contributed by atoms with van der Waals surface area (Å²) in [6.45, 7) is 11.4. The molecule has 0 aliphatic carbocycles. The molecule has 0 radical (unpaired) electrons. The number of aromatic amines is 1. The predicted octanol–water partition coefficient (Wildman–Crippen LogP) is 6.61. The van der Waals surface area contributed by atoms with Crippen LogP contribution < -0.4 is 5.32 Å². The van der Waals surface area contributed by atoms with Crippen LogP contribution in [0.2, 0.25) is 18.1 Å². The number of aromatic nitrogens is 1. The van der Waals surface area contributed by atoms with Gasteiger partial charge in [-0.2, -0.15) is 0 Å². The van der Waals surface area contributed by atoms with Gasteiger partial charge in [-0.1, -0.05) is 75.4 Å². The molecular weight excluding hydrogens is 456 g/mol. The number of rotatable bonds is 10. The van der Waals surface area contributed by atoms with Crippen LogP contribution in [0.4, 0.5) is 4.79 Å². The lowest BCUT2D eigenvalue weighted by molar-refractivity contribution is 0.104. The normalized spacial score (nSPS) is 13.2. The van der Waals surface area contributed by atoms with E-state index in [-0.39, 0.29) is 23.5 Å². The molecule has 0 saturated carbocycles. The number of amides is 1. The number of hydrogen-bond acceptors (Lipinski definition) is 4. The lowest BCUT2D eigenvalue weighted by atomic mass is 10.1. The van der Waals surface area contributed by atoms with Gasteiger partial charge in [-0.25, -0.2) is 4.79 Å². The van der Waals surface area contributed by atoms with Gasteiger partial charge in [0.1, 0.15) is 6.61 Å². The first kappa shape index (κ1) is 26.4. The first-order chi connectivity index (χ1) is 16.5. The van der Waals surface area contributed by atoms with Crippen molar-refractivity contribution in [1.29, 1.82) is 0 Å². The van der Waals surface area contributed by atoms with Crippen LogP contribution >= 0.6 is 0 Å². The van der Waals surface area contributed by atoms with E-state index in [4.69, 9.17) is 9.16 Å². The number of ether oxygens (including phenoxy) is 1. The Balaban J connectivity index is 1.62. The first-order valence-corrected chi connectivity index (χ1v) is 14.9. The number of nitrogens with one attached hydrogen (secondary N) is 2. The number of benzene rings is 2. The quantitative estimate of drug-likeness (QED) is 0.189.